The summed E-state index contributed by atoms with van der Waals surface area (Å²) in [5, 5.41) is 1.57. The highest BCUT2D eigenvalue weighted by Gasteiger charge is 2.25. The number of hydrogen-bond acceptors (Lipinski definition) is 6. The van der Waals surface area contributed by atoms with Gasteiger partial charge >= 0.3 is 0 Å². The molecule has 0 radical (unpaired) electrons. The van der Waals surface area contributed by atoms with Gasteiger partial charge in [-0.3, -0.25) is 4.79 Å². The molecule has 4 rings (SSSR count). The van der Waals surface area contributed by atoms with Gasteiger partial charge in [-0.25, -0.2) is 9.97 Å². The first-order chi connectivity index (χ1) is 14.7. The average molecular weight is 456 g/mol. The topological polar surface area (TPSA) is 59.2 Å². The van der Waals surface area contributed by atoms with Gasteiger partial charge in [-0.05, 0) is 24.3 Å². The zero-order valence-corrected chi connectivity index (χ0v) is 18.3. The number of furan rings is 1. The van der Waals surface area contributed by atoms with Crippen LogP contribution in [0.5, 0.6) is 0 Å². The number of para-hydroxylation sites is 1. The molecule has 0 aliphatic carbocycles. The summed E-state index contributed by atoms with van der Waals surface area (Å²) in [6, 6.07) is 13.2. The van der Waals surface area contributed by atoms with E-state index < -0.39 is 0 Å². The zero-order valence-electron chi connectivity index (χ0n) is 16.0. The predicted octanol–water partition coefficient (Wildman–Crippen LogP) is 6.06. The maximum Gasteiger partial charge on any atom is 0.290 e. The Morgan fingerprint density at radius 2 is 2.00 bits per heavy atom. The van der Waals surface area contributed by atoms with Gasteiger partial charge in [0.1, 0.15) is 5.58 Å². The van der Waals surface area contributed by atoms with Gasteiger partial charge in [-0.15, -0.1) is 17.9 Å². The third kappa shape index (κ3) is 4.59. The SMILES string of the molecule is C=CCN(Cc1ccc(Cl)s1)C(=O)c1oc2ccccc2c1CSc1ncccn1. The minimum Gasteiger partial charge on any atom is -0.451 e. The number of carbonyl (C=O) groups excluding carboxylic acids is 1. The number of thioether (sulfide) groups is 1. The van der Waals surface area contributed by atoms with Crippen molar-refractivity contribution in [1.29, 1.82) is 0 Å². The smallest absolute Gasteiger partial charge is 0.290 e. The van der Waals surface area contributed by atoms with Crippen molar-refractivity contribution in [2.45, 2.75) is 17.5 Å². The van der Waals surface area contributed by atoms with Gasteiger partial charge in [-0.2, -0.15) is 0 Å². The molecular formula is C22H18ClN3O2S2. The zero-order chi connectivity index (χ0) is 20.9. The number of thiophene rings is 1. The molecule has 0 fully saturated rings. The second kappa shape index (κ2) is 9.47. The summed E-state index contributed by atoms with van der Waals surface area (Å²) in [7, 11) is 0. The summed E-state index contributed by atoms with van der Waals surface area (Å²) in [5.41, 5.74) is 1.52. The largest absolute Gasteiger partial charge is 0.451 e. The maximum absolute atomic E-state index is 13.5. The molecule has 152 valence electrons. The fraction of sp³-hybridized carbons (Fsp3) is 0.136. The van der Waals surface area contributed by atoms with Crippen molar-refractivity contribution in [3.05, 3.63) is 88.1 Å². The van der Waals surface area contributed by atoms with Crippen LogP contribution < -0.4 is 0 Å². The van der Waals surface area contributed by atoms with Crippen molar-refractivity contribution in [2.75, 3.05) is 6.54 Å². The molecule has 30 heavy (non-hydrogen) atoms. The van der Waals surface area contributed by atoms with Gasteiger partial charge in [0.25, 0.3) is 5.91 Å². The monoisotopic (exact) mass is 455 g/mol. The number of hydrogen-bond donors (Lipinski definition) is 0. The molecule has 0 saturated carbocycles. The summed E-state index contributed by atoms with van der Waals surface area (Å²) < 4.78 is 6.71. The third-order valence-corrected chi connectivity index (χ3v) is 6.51. The van der Waals surface area contributed by atoms with Crippen LogP contribution in [0.25, 0.3) is 11.0 Å². The molecule has 1 amide bonds. The average Bonchev–Trinajstić information content (AvgIpc) is 3.35. The first-order valence-corrected chi connectivity index (χ1v) is 11.4. The lowest BCUT2D eigenvalue weighted by Gasteiger charge is -2.19. The molecule has 0 atom stereocenters. The van der Waals surface area contributed by atoms with Crippen LogP contribution in [0, 0.1) is 0 Å². The van der Waals surface area contributed by atoms with Gasteiger partial charge in [0.05, 0.1) is 10.9 Å². The van der Waals surface area contributed by atoms with Crippen molar-refractivity contribution in [1.82, 2.24) is 14.9 Å². The number of aromatic nitrogens is 2. The summed E-state index contributed by atoms with van der Waals surface area (Å²) >= 11 is 8.98. The van der Waals surface area contributed by atoms with E-state index in [-0.39, 0.29) is 5.91 Å². The van der Waals surface area contributed by atoms with E-state index in [0.717, 1.165) is 15.8 Å². The number of amides is 1. The number of carbonyl (C=O) groups is 1. The van der Waals surface area contributed by atoms with Crippen molar-refractivity contribution in [3.63, 3.8) is 0 Å². The highest BCUT2D eigenvalue weighted by molar-refractivity contribution is 7.98. The predicted molar refractivity (Wildman–Crippen MR) is 122 cm³/mol. The highest BCUT2D eigenvalue weighted by Crippen LogP contribution is 2.32. The normalized spacial score (nSPS) is 11.0. The van der Waals surface area contributed by atoms with Crippen molar-refractivity contribution < 1.29 is 9.21 Å². The quantitative estimate of drug-likeness (QED) is 0.183. The minimum absolute atomic E-state index is 0.180. The molecule has 8 heteroatoms. The third-order valence-electron chi connectivity index (χ3n) is 4.39. The van der Waals surface area contributed by atoms with E-state index in [9.17, 15) is 4.79 Å². The molecule has 3 aromatic heterocycles. The van der Waals surface area contributed by atoms with Crippen molar-refractivity contribution in [3.8, 4) is 0 Å². The van der Waals surface area contributed by atoms with Gasteiger partial charge in [0.2, 0.25) is 0 Å². The molecule has 3 heterocycles. The molecular weight excluding hydrogens is 438 g/mol. The Kier molecular flexibility index (Phi) is 6.52. The molecule has 0 unspecified atom stereocenters. The fourth-order valence-electron chi connectivity index (χ4n) is 3.06. The van der Waals surface area contributed by atoms with Gasteiger partial charge in [-0.1, -0.05) is 47.6 Å². The Hall–Kier alpha value is -2.61. The minimum atomic E-state index is -0.180. The lowest BCUT2D eigenvalue weighted by atomic mass is 10.1. The Balaban J connectivity index is 1.66. The maximum atomic E-state index is 13.5. The number of halogens is 1. The van der Waals surface area contributed by atoms with E-state index in [4.69, 9.17) is 16.0 Å². The number of benzene rings is 1. The molecule has 0 saturated heterocycles. The second-order valence-electron chi connectivity index (χ2n) is 6.41. The molecule has 0 aliphatic heterocycles. The van der Waals surface area contributed by atoms with Crippen LogP contribution in [-0.2, 0) is 12.3 Å². The van der Waals surface area contributed by atoms with Crippen molar-refractivity contribution >= 4 is 51.6 Å². The van der Waals surface area contributed by atoms with Crippen LogP contribution in [0.1, 0.15) is 21.0 Å². The molecule has 1 aromatic carbocycles. The second-order valence-corrected chi connectivity index (χ2v) is 9.15. The molecule has 0 spiro atoms. The molecule has 0 bridgehead atoms. The van der Waals surface area contributed by atoms with Crippen molar-refractivity contribution in [2.24, 2.45) is 0 Å². The van der Waals surface area contributed by atoms with Crippen LogP contribution >= 0.6 is 34.7 Å². The van der Waals surface area contributed by atoms with Crippen LogP contribution in [0.4, 0.5) is 0 Å². The highest BCUT2D eigenvalue weighted by atomic mass is 35.5. The summed E-state index contributed by atoms with van der Waals surface area (Å²) in [4.78, 5) is 24.7. The van der Waals surface area contributed by atoms with E-state index in [2.05, 4.69) is 16.5 Å². The summed E-state index contributed by atoms with van der Waals surface area (Å²) in [6.45, 7) is 4.64. The van der Waals surface area contributed by atoms with E-state index >= 15 is 0 Å². The molecule has 5 nitrogen and oxygen atoms in total. The van der Waals surface area contributed by atoms with E-state index in [1.165, 1.54) is 23.1 Å². The van der Waals surface area contributed by atoms with Crippen LogP contribution in [0.15, 0.2) is 77.1 Å². The van der Waals surface area contributed by atoms with E-state index in [1.807, 2.05) is 36.4 Å². The Morgan fingerprint density at radius 3 is 2.73 bits per heavy atom. The Labute approximate surface area is 187 Å². The molecule has 0 aliphatic rings. The van der Waals surface area contributed by atoms with E-state index in [0.29, 0.717) is 39.7 Å². The number of fused-ring (bicyclic) bond motifs is 1. The first kappa shape index (κ1) is 20.7. The Bertz CT molecular complexity index is 1170. The van der Waals surface area contributed by atoms with Gasteiger partial charge < -0.3 is 9.32 Å². The fourth-order valence-corrected chi connectivity index (χ4v) is 4.99. The summed E-state index contributed by atoms with van der Waals surface area (Å²) in [5.74, 6) is 0.679. The van der Waals surface area contributed by atoms with Gasteiger partial charge in [0.15, 0.2) is 10.9 Å². The van der Waals surface area contributed by atoms with Crippen LogP contribution in [0.2, 0.25) is 4.34 Å². The standard InChI is InChI=1S/C22H18ClN3O2S2/c1-2-12-26(13-15-8-9-19(23)30-15)21(27)20-17(14-29-22-24-10-5-11-25-22)16-6-3-4-7-18(16)28-20/h2-11H,1,12-14H2. The number of rotatable bonds is 8. The first-order valence-electron chi connectivity index (χ1n) is 9.20. The van der Waals surface area contributed by atoms with Gasteiger partial charge in [0, 0.05) is 40.5 Å². The number of nitrogens with zero attached hydrogens (tertiary/aromatic N) is 3. The Morgan fingerprint density at radius 1 is 1.20 bits per heavy atom. The lowest BCUT2D eigenvalue weighted by molar-refractivity contribution is 0.0733. The lowest BCUT2D eigenvalue weighted by Crippen LogP contribution is -2.30. The molecule has 0 N–H and O–H groups in total. The van der Waals surface area contributed by atoms with E-state index in [1.54, 1.807) is 29.4 Å². The van der Waals surface area contributed by atoms with Crippen LogP contribution in [0.3, 0.4) is 0 Å². The molecule has 4 aromatic rings. The summed E-state index contributed by atoms with van der Waals surface area (Å²) in [6.07, 6.45) is 5.11. The van der Waals surface area contributed by atoms with Crippen LogP contribution in [-0.4, -0.2) is 27.3 Å².